The molecule has 36 heavy (non-hydrogen) atoms. The van der Waals surface area contributed by atoms with E-state index in [4.69, 9.17) is 0 Å². The van der Waals surface area contributed by atoms with E-state index in [9.17, 15) is 30.4 Å². The van der Waals surface area contributed by atoms with Crippen molar-refractivity contribution >= 4 is 23.8 Å². The second kappa shape index (κ2) is 16.0. The van der Waals surface area contributed by atoms with E-state index in [1.807, 2.05) is 0 Å². The van der Waals surface area contributed by atoms with Gasteiger partial charge in [0.2, 0.25) is 0 Å². The van der Waals surface area contributed by atoms with Crippen molar-refractivity contribution in [3.05, 3.63) is 67.8 Å². The van der Waals surface area contributed by atoms with Crippen LogP contribution in [0.15, 0.2) is 46.4 Å². The van der Waals surface area contributed by atoms with E-state index in [1.165, 1.54) is 74.5 Å². The van der Waals surface area contributed by atoms with E-state index in [2.05, 4.69) is 9.98 Å². The fourth-order valence-corrected chi connectivity index (χ4v) is 3.66. The molecule has 0 atom stereocenters. The molecule has 0 spiro atoms. The van der Waals surface area contributed by atoms with Crippen molar-refractivity contribution in [2.24, 2.45) is 9.98 Å². The Balaban J connectivity index is 1.45. The average molecular weight is 499 g/mol. The molecule has 10 heteroatoms. The molecule has 2 aromatic rings. The lowest BCUT2D eigenvalue weighted by Gasteiger charge is -2.02. The number of aromatic hydroxyl groups is 2. The lowest BCUT2D eigenvalue weighted by Crippen LogP contribution is -1.91. The van der Waals surface area contributed by atoms with E-state index in [1.54, 1.807) is 0 Å². The predicted molar refractivity (Wildman–Crippen MR) is 141 cm³/mol. The van der Waals surface area contributed by atoms with Gasteiger partial charge in [0.05, 0.1) is 9.85 Å². The minimum absolute atomic E-state index is 0.0159. The molecule has 0 fully saturated rings. The summed E-state index contributed by atoms with van der Waals surface area (Å²) in [5.74, 6) is -0.0318. The summed E-state index contributed by atoms with van der Waals surface area (Å²) in [6.45, 7) is 1.26. The molecule has 0 aliphatic heterocycles. The molecule has 194 valence electrons. The summed E-state index contributed by atoms with van der Waals surface area (Å²) in [5, 5.41) is 41.1. The first kappa shape index (κ1) is 28.4. The second-order valence-corrected chi connectivity index (χ2v) is 8.61. The average Bonchev–Trinajstić information content (AvgIpc) is 2.85. The van der Waals surface area contributed by atoms with Gasteiger partial charge in [0, 0.05) is 60.9 Å². The smallest absolute Gasteiger partial charge is 0.270 e. The Kier molecular flexibility index (Phi) is 12.6. The van der Waals surface area contributed by atoms with Crippen LogP contribution in [0.1, 0.15) is 75.3 Å². The molecule has 0 unspecified atom stereocenters. The van der Waals surface area contributed by atoms with Crippen LogP contribution in [0.25, 0.3) is 0 Å². The van der Waals surface area contributed by atoms with Gasteiger partial charge in [0.15, 0.2) is 0 Å². The minimum atomic E-state index is -0.496. The number of unbranched alkanes of at least 4 members (excludes halogenated alkanes) is 9. The van der Waals surface area contributed by atoms with Gasteiger partial charge >= 0.3 is 0 Å². The Bertz CT molecular complexity index is 971. The van der Waals surface area contributed by atoms with Crippen molar-refractivity contribution in [1.82, 2.24) is 0 Å². The van der Waals surface area contributed by atoms with E-state index in [-0.39, 0.29) is 22.9 Å². The number of phenols is 2. The Hall–Kier alpha value is -3.82. The first-order valence-electron chi connectivity index (χ1n) is 12.3. The van der Waals surface area contributed by atoms with Crippen LogP contribution in [-0.4, -0.2) is 45.6 Å². The largest absolute Gasteiger partial charge is 0.507 e. The molecule has 0 heterocycles. The Morgan fingerprint density at radius 3 is 1.28 bits per heavy atom. The Morgan fingerprint density at radius 2 is 0.944 bits per heavy atom. The molecular weight excluding hydrogens is 464 g/mol. The van der Waals surface area contributed by atoms with E-state index >= 15 is 0 Å². The van der Waals surface area contributed by atoms with E-state index < -0.39 is 9.85 Å². The first-order chi connectivity index (χ1) is 17.4. The number of nitro groups is 2. The van der Waals surface area contributed by atoms with Crippen LogP contribution in [-0.2, 0) is 0 Å². The Morgan fingerprint density at radius 1 is 0.611 bits per heavy atom. The molecular formula is C26H34N4O6. The van der Waals surface area contributed by atoms with Gasteiger partial charge in [-0.2, -0.15) is 0 Å². The summed E-state index contributed by atoms with van der Waals surface area (Å²) in [4.78, 5) is 29.2. The van der Waals surface area contributed by atoms with Crippen LogP contribution in [0.5, 0.6) is 11.5 Å². The maximum atomic E-state index is 10.8. The monoisotopic (exact) mass is 498 g/mol. The van der Waals surface area contributed by atoms with Crippen LogP contribution in [0.3, 0.4) is 0 Å². The lowest BCUT2D eigenvalue weighted by molar-refractivity contribution is -0.385. The summed E-state index contributed by atoms with van der Waals surface area (Å²) < 4.78 is 0. The van der Waals surface area contributed by atoms with Gasteiger partial charge in [-0.05, 0) is 25.0 Å². The van der Waals surface area contributed by atoms with Crippen molar-refractivity contribution in [3.63, 3.8) is 0 Å². The van der Waals surface area contributed by atoms with Crippen molar-refractivity contribution in [3.8, 4) is 11.5 Å². The Labute approximate surface area is 210 Å². The minimum Gasteiger partial charge on any atom is -0.507 e. The molecule has 0 aliphatic rings. The van der Waals surface area contributed by atoms with Gasteiger partial charge in [-0.15, -0.1) is 0 Å². The standard InChI is InChI=1S/C26H34N4O6/c31-25-13-11-23(29(33)34)17-21(25)19-27-15-9-7-5-3-1-2-4-6-8-10-16-28-20-22-18-24(30(35)36)12-14-26(22)32/h11-14,17-20,31-32H,1-10,15-16H2/b27-19+,28-20+. The third-order valence-electron chi connectivity index (χ3n) is 5.73. The highest BCUT2D eigenvalue weighted by Gasteiger charge is 2.09. The van der Waals surface area contributed by atoms with E-state index in [0.29, 0.717) is 24.2 Å². The molecule has 0 bridgehead atoms. The summed E-state index contributed by atoms with van der Waals surface area (Å²) in [7, 11) is 0. The van der Waals surface area contributed by atoms with Crippen LogP contribution in [0, 0.1) is 20.2 Å². The third kappa shape index (κ3) is 10.6. The number of phenolic OH excluding ortho intramolecular Hbond substituents is 2. The number of hydrogen-bond acceptors (Lipinski definition) is 8. The van der Waals surface area contributed by atoms with Crippen molar-refractivity contribution in [2.45, 2.75) is 64.2 Å². The first-order valence-corrected chi connectivity index (χ1v) is 12.3. The van der Waals surface area contributed by atoms with Crippen LogP contribution in [0.2, 0.25) is 0 Å². The van der Waals surface area contributed by atoms with Crippen LogP contribution >= 0.6 is 0 Å². The van der Waals surface area contributed by atoms with Crippen LogP contribution < -0.4 is 0 Å². The van der Waals surface area contributed by atoms with Gasteiger partial charge < -0.3 is 10.2 Å². The SMILES string of the molecule is O=[N+]([O-])c1ccc(O)c(/C=N/CCCCCCCCCCCC/N=C/c2cc([N+](=O)[O-])ccc2O)c1. The number of benzene rings is 2. The van der Waals surface area contributed by atoms with Gasteiger partial charge in [0.25, 0.3) is 11.4 Å². The molecule has 10 nitrogen and oxygen atoms in total. The normalized spacial score (nSPS) is 11.4. The molecule has 2 aromatic carbocycles. The highest BCUT2D eigenvalue weighted by Crippen LogP contribution is 2.22. The molecule has 2 N–H and O–H groups in total. The zero-order chi connectivity index (χ0) is 26.2. The molecule has 0 saturated carbocycles. The molecule has 0 saturated heterocycles. The number of nitro benzene ring substituents is 2. The maximum absolute atomic E-state index is 10.8. The number of hydrogen-bond donors (Lipinski definition) is 2. The van der Waals surface area contributed by atoms with Crippen molar-refractivity contribution in [1.29, 1.82) is 0 Å². The highest BCUT2D eigenvalue weighted by molar-refractivity contribution is 5.85. The lowest BCUT2D eigenvalue weighted by atomic mass is 10.1. The summed E-state index contributed by atoms with van der Waals surface area (Å²) >= 11 is 0. The van der Waals surface area contributed by atoms with E-state index in [0.717, 1.165) is 38.5 Å². The summed E-state index contributed by atoms with van der Waals surface area (Å²) in [6, 6.07) is 7.78. The number of rotatable bonds is 17. The second-order valence-electron chi connectivity index (χ2n) is 8.61. The fourth-order valence-electron chi connectivity index (χ4n) is 3.66. The zero-order valence-corrected chi connectivity index (χ0v) is 20.4. The number of nitrogens with zero attached hydrogens (tertiary/aromatic N) is 4. The topological polar surface area (TPSA) is 151 Å². The quantitative estimate of drug-likeness (QED) is 0.112. The molecule has 2 rings (SSSR count). The summed E-state index contributed by atoms with van der Waals surface area (Å²) in [6.07, 6.45) is 14.1. The third-order valence-corrected chi connectivity index (χ3v) is 5.73. The maximum Gasteiger partial charge on any atom is 0.270 e. The van der Waals surface area contributed by atoms with Gasteiger partial charge in [-0.1, -0.05) is 51.4 Å². The molecule has 0 amide bonds. The van der Waals surface area contributed by atoms with Crippen molar-refractivity contribution in [2.75, 3.05) is 13.1 Å². The molecule has 0 aromatic heterocycles. The number of aliphatic imine (C=N–C) groups is 2. The van der Waals surface area contributed by atoms with Gasteiger partial charge in [-0.25, -0.2) is 0 Å². The highest BCUT2D eigenvalue weighted by atomic mass is 16.6. The predicted octanol–water partition coefficient (Wildman–Crippen LogP) is 6.35. The summed E-state index contributed by atoms with van der Waals surface area (Å²) in [5.41, 5.74) is 0.583. The van der Waals surface area contributed by atoms with Crippen LogP contribution in [0.4, 0.5) is 11.4 Å². The molecule has 0 aliphatic carbocycles. The van der Waals surface area contributed by atoms with Gasteiger partial charge in [-0.3, -0.25) is 30.2 Å². The number of non-ortho nitro benzene ring substituents is 2. The van der Waals surface area contributed by atoms with Crippen molar-refractivity contribution < 1.29 is 20.1 Å². The molecule has 0 radical (unpaired) electrons. The fraction of sp³-hybridized carbons (Fsp3) is 0.462. The van der Waals surface area contributed by atoms with Gasteiger partial charge in [0.1, 0.15) is 11.5 Å². The zero-order valence-electron chi connectivity index (χ0n) is 20.4.